The van der Waals surface area contributed by atoms with Gasteiger partial charge in [-0.2, -0.15) is 0 Å². The average molecular weight is 241 g/mol. The highest BCUT2D eigenvalue weighted by molar-refractivity contribution is 7.99. The lowest BCUT2D eigenvalue weighted by atomic mass is 10.2. The van der Waals surface area contributed by atoms with Crippen molar-refractivity contribution in [1.82, 2.24) is 15.3 Å². The van der Waals surface area contributed by atoms with E-state index in [-0.39, 0.29) is 0 Å². The predicted octanol–water partition coefficient (Wildman–Crippen LogP) is 1.90. The van der Waals surface area contributed by atoms with E-state index in [1.807, 2.05) is 30.3 Å². The van der Waals surface area contributed by atoms with Gasteiger partial charge in [-0.3, -0.25) is 0 Å². The number of rotatable bonds is 4. The van der Waals surface area contributed by atoms with Gasteiger partial charge < -0.3 is 5.32 Å². The molecule has 0 radical (unpaired) electrons. The fourth-order valence-corrected chi connectivity index (χ4v) is 2.98. The van der Waals surface area contributed by atoms with Gasteiger partial charge in [0.1, 0.15) is 5.03 Å². The van der Waals surface area contributed by atoms with Crippen molar-refractivity contribution in [1.29, 1.82) is 0 Å². The third kappa shape index (κ3) is 3.36. The summed E-state index contributed by atoms with van der Waals surface area (Å²) in [7, 11) is 0. The summed E-state index contributed by atoms with van der Waals surface area (Å²) in [5.41, 5.74) is 0. The molecule has 0 aliphatic carbocycles. The lowest BCUT2D eigenvalue weighted by Crippen LogP contribution is -2.10. The number of nitrogens with one attached hydrogen (secondary N) is 1. The van der Waals surface area contributed by atoms with Crippen LogP contribution in [0.15, 0.2) is 22.4 Å². The van der Waals surface area contributed by atoms with Gasteiger partial charge in [-0.15, -0.1) is 11.8 Å². The number of hydrogen-bond donors (Lipinski definition) is 1. The van der Waals surface area contributed by atoms with Crippen LogP contribution < -0.4 is 5.32 Å². The quantitative estimate of drug-likeness (QED) is 0.495. The Morgan fingerprint density at radius 2 is 2.53 bits per heavy atom. The van der Waals surface area contributed by atoms with E-state index >= 15 is 0 Å². The summed E-state index contributed by atoms with van der Waals surface area (Å²) < 4.78 is 0. The zero-order valence-electron chi connectivity index (χ0n) is 8.77. The van der Waals surface area contributed by atoms with Gasteiger partial charge in [0.15, 0.2) is 5.16 Å². The third-order valence-electron chi connectivity index (χ3n) is 2.42. The molecule has 1 saturated heterocycles. The molecule has 1 aromatic rings. The van der Waals surface area contributed by atoms with Crippen LogP contribution in [0, 0.1) is 5.92 Å². The van der Waals surface area contributed by atoms with Crippen LogP contribution in [0.3, 0.4) is 0 Å². The highest BCUT2D eigenvalue weighted by atomic mass is 32.2. The second kappa shape index (κ2) is 5.72. The number of thioether (sulfide) groups is 2. The van der Waals surface area contributed by atoms with E-state index in [1.165, 1.54) is 13.0 Å². The van der Waals surface area contributed by atoms with Gasteiger partial charge in [0.2, 0.25) is 0 Å². The highest BCUT2D eigenvalue weighted by Gasteiger charge is 2.14. The maximum absolute atomic E-state index is 4.45. The Balaban J connectivity index is 1.86. The maximum atomic E-state index is 4.45. The second-order valence-corrected chi connectivity index (χ2v) is 5.37. The van der Waals surface area contributed by atoms with E-state index in [0.29, 0.717) is 0 Å². The summed E-state index contributed by atoms with van der Waals surface area (Å²) in [4.78, 5) is 8.61. The van der Waals surface area contributed by atoms with Crippen LogP contribution in [-0.4, -0.2) is 35.1 Å². The highest BCUT2D eigenvalue weighted by Crippen LogP contribution is 2.22. The van der Waals surface area contributed by atoms with Crippen LogP contribution in [0.2, 0.25) is 0 Å². The van der Waals surface area contributed by atoms with Gasteiger partial charge >= 0.3 is 0 Å². The van der Waals surface area contributed by atoms with E-state index in [2.05, 4.69) is 15.3 Å². The van der Waals surface area contributed by atoms with Crippen molar-refractivity contribution in [2.24, 2.45) is 5.92 Å². The zero-order chi connectivity index (χ0) is 10.5. The van der Waals surface area contributed by atoms with Crippen molar-refractivity contribution in [3.05, 3.63) is 12.3 Å². The fourth-order valence-electron chi connectivity index (χ4n) is 1.56. The molecule has 1 N–H and O–H groups in total. The summed E-state index contributed by atoms with van der Waals surface area (Å²) in [5, 5.41) is 5.34. The first-order valence-electron chi connectivity index (χ1n) is 5.09. The molecule has 2 rings (SSSR count). The normalized spacial score (nSPS) is 20.7. The Hall–Kier alpha value is -0.260. The number of hydrogen-bond acceptors (Lipinski definition) is 5. The van der Waals surface area contributed by atoms with Crippen molar-refractivity contribution in [3.63, 3.8) is 0 Å². The van der Waals surface area contributed by atoms with Gasteiger partial charge in [-0.05, 0) is 37.8 Å². The first-order valence-corrected chi connectivity index (χ1v) is 7.30. The zero-order valence-corrected chi connectivity index (χ0v) is 10.4. The summed E-state index contributed by atoms with van der Waals surface area (Å²) >= 11 is 3.44. The van der Waals surface area contributed by atoms with Crippen LogP contribution in [0.1, 0.15) is 6.42 Å². The van der Waals surface area contributed by atoms with Crippen molar-refractivity contribution >= 4 is 23.5 Å². The Morgan fingerprint density at radius 1 is 1.60 bits per heavy atom. The molecule has 82 valence electrons. The molecule has 0 aromatic carbocycles. The summed E-state index contributed by atoms with van der Waals surface area (Å²) in [6.45, 7) is 2.33. The first-order chi connectivity index (χ1) is 7.38. The Bertz CT molecular complexity index is 313. The molecule has 0 saturated carbocycles. The SMILES string of the molecule is CSc1nccc(SCC2CCNC2)n1. The minimum Gasteiger partial charge on any atom is -0.316 e. The summed E-state index contributed by atoms with van der Waals surface area (Å²) in [6, 6.07) is 1.99. The molecule has 0 amide bonds. The van der Waals surface area contributed by atoms with E-state index < -0.39 is 0 Å². The Kier molecular flexibility index (Phi) is 4.29. The van der Waals surface area contributed by atoms with Gasteiger partial charge in [-0.25, -0.2) is 9.97 Å². The molecular formula is C10H15N3S2. The van der Waals surface area contributed by atoms with Crippen molar-refractivity contribution < 1.29 is 0 Å². The molecule has 3 nitrogen and oxygen atoms in total. The topological polar surface area (TPSA) is 37.8 Å². The minimum atomic E-state index is 0.808. The number of aromatic nitrogens is 2. The summed E-state index contributed by atoms with van der Waals surface area (Å²) in [5.74, 6) is 1.97. The minimum absolute atomic E-state index is 0.808. The van der Waals surface area contributed by atoms with Crippen molar-refractivity contribution in [2.45, 2.75) is 16.6 Å². The molecule has 1 aromatic heterocycles. The van der Waals surface area contributed by atoms with E-state index in [4.69, 9.17) is 0 Å². The smallest absolute Gasteiger partial charge is 0.188 e. The Labute approximate surface area is 98.9 Å². The average Bonchev–Trinajstić information content (AvgIpc) is 2.79. The van der Waals surface area contributed by atoms with Crippen LogP contribution in [0.25, 0.3) is 0 Å². The molecule has 2 heterocycles. The van der Waals surface area contributed by atoms with Gasteiger partial charge in [0.25, 0.3) is 0 Å². The standard InChI is InChI=1S/C10H15N3S2/c1-14-10-12-5-3-9(13-10)15-7-8-2-4-11-6-8/h3,5,8,11H,2,4,6-7H2,1H3. The van der Waals surface area contributed by atoms with Gasteiger partial charge in [0.05, 0.1) is 0 Å². The van der Waals surface area contributed by atoms with E-state index in [0.717, 1.165) is 28.4 Å². The Morgan fingerprint density at radius 3 is 3.27 bits per heavy atom. The molecule has 1 fully saturated rings. The molecular weight excluding hydrogens is 226 g/mol. The molecule has 0 spiro atoms. The molecule has 5 heteroatoms. The molecule has 1 atom stereocenters. The van der Waals surface area contributed by atoms with Crippen LogP contribution in [-0.2, 0) is 0 Å². The van der Waals surface area contributed by atoms with Crippen molar-refractivity contribution in [3.8, 4) is 0 Å². The second-order valence-electron chi connectivity index (χ2n) is 3.55. The van der Waals surface area contributed by atoms with E-state index in [1.54, 1.807) is 11.8 Å². The molecule has 15 heavy (non-hydrogen) atoms. The molecule has 1 aliphatic heterocycles. The molecule has 0 bridgehead atoms. The van der Waals surface area contributed by atoms with Crippen LogP contribution >= 0.6 is 23.5 Å². The monoisotopic (exact) mass is 241 g/mol. The summed E-state index contributed by atoms with van der Waals surface area (Å²) in [6.07, 6.45) is 5.15. The van der Waals surface area contributed by atoms with Crippen LogP contribution in [0.5, 0.6) is 0 Å². The lowest BCUT2D eigenvalue weighted by molar-refractivity contribution is 0.662. The molecule has 1 unspecified atom stereocenters. The lowest BCUT2D eigenvalue weighted by Gasteiger charge is -2.06. The number of nitrogens with zero attached hydrogens (tertiary/aromatic N) is 2. The van der Waals surface area contributed by atoms with Crippen LogP contribution in [0.4, 0.5) is 0 Å². The predicted molar refractivity (Wildman–Crippen MR) is 65.5 cm³/mol. The largest absolute Gasteiger partial charge is 0.316 e. The van der Waals surface area contributed by atoms with Gasteiger partial charge in [-0.1, -0.05) is 11.8 Å². The van der Waals surface area contributed by atoms with E-state index in [9.17, 15) is 0 Å². The van der Waals surface area contributed by atoms with Gasteiger partial charge in [0, 0.05) is 11.9 Å². The maximum Gasteiger partial charge on any atom is 0.188 e. The third-order valence-corrected chi connectivity index (χ3v) is 4.14. The first kappa shape index (κ1) is 11.2. The van der Waals surface area contributed by atoms with Crippen molar-refractivity contribution in [2.75, 3.05) is 25.1 Å². The fraction of sp³-hybridized carbons (Fsp3) is 0.600. The molecule has 1 aliphatic rings.